The predicted molar refractivity (Wildman–Crippen MR) is 232 cm³/mol. The lowest BCUT2D eigenvalue weighted by molar-refractivity contribution is 1.11. The Bertz CT molecular complexity index is 3110. The number of rotatable bonds is 6. The van der Waals surface area contributed by atoms with Crippen molar-refractivity contribution in [2.45, 2.75) is 0 Å². The van der Waals surface area contributed by atoms with Gasteiger partial charge in [0.25, 0.3) is 0 Å². The SMILES string of the molecule is c1ccc(-c2ccc3c(c2)c2cc(-c4ccccc4)ccc2n3-c2ccc3c(c2)c2c(-c4ccccc4)nc(-c4ccccc4)nc2n3-c2ccccc2)cc1. The highest BCUT2D eigenvalue weighted by molar-refractivity contribution is 6.16. The molecule has 0 bridgehead atoms. The zero-order chi connectivity index (χ0) is 37.0. The van der Waals surface area contributed by atoms with Crippen LogP contribution in [0.3, 0.4) is 0 Å². The summed E-state index contributed by atoms with van der Waals surface area (Å²) in [7, 11) is 0. The molecule has 0 radical (unpaired) electrons. The quantitative estimate of drug-likeness (QED) is 0.172. The predicted octanol–water partition coefficient (Wildman–Crippen LogP) is 13.3. The molecule has 0 atom stereocenters. The fourth-order valence-electron chi connectivity index (χ4n) is 8.31. The molecule has 11 aromatic rings. The Hall–Kier alpha value is -7.56. The smallest absolute Gasteiger partial charge is 0.162 e. The number of aromatic nitrogens is 4. The second-order valence-electron chi connectivity index (χ2n) is 14.2. The van der Waals surface area contributed by atoms with Crippen LogP contribution < -0.4 is 0 Å². The largest absolute Gasteiger partial charge is 0.309 e. The lowest BCUT2D eigenvalue weighted by Gasteiger charge is -2.11. The molecule has 0 aliphatic carbocycles. The second-order valence-corrected chi connectivity index (χ2v) is 14.2. The third kappa shape index (κ3) is 5.23. The molecule has 0 unspecified atom stereocenters. The third-order valence-corrected chi connectivity index (χ3v) is 10.9. The number of fused-ring (bicyclic) bond motifs is 6. The molecule has 0 spiro atoms. The van der Waals surface area contributed by atoms with E-state index in [2.05, 4.69) is 197 Å². The fraction of sp³-hybridized carbons (Fsp3) is 0. The zero-order valence-electron chi connectivity index (χ0n) is 30.4. The molecule has 0 fully saturated rings. The summed E-state index contributed by atoms with van der Waals surface area (Å²) in [6.07, 6.45) is 0. The molecule has 0 amide bonds. The van der Waals surface area contributed by atoms with Crippen LogP contribution in [-0.4, -0.2) is 19.1 Å². The number of para-hydroxylation sites is 1. The highest BCUT2D eigenvalue weighted by Crippen LogP contribution is 2.42. The van der Waals surface area contributed by atoms with Crippen molar-refractivity contribution in [3.8, 4) is 56.3 Å². The van der Waals surface area contributed by atoms with E-state index in [1.807, 2.05) is 18.2 Å². The summed E-state index contributed by atoms with van der Waals surface area (Å²) in [4.78, 5) is 10.7. The lowest BCUT2D eigenvalue weighted by atomic mass is 10.0. The van der Waals surface area contributed by atoms with Gasteiger partial charge in [-0.3, -0.25) is 4.57 Å². The van der Waals surface area contributed by atoms with Crippen molar-refractivity contribution in [3.63, 3.8) is 0 Å². The number of benzene rings is 8. The molecule has 0 saturated carbocycles. The maximum Gasteiger partial charge on any atom is 0.162 e. The first-order chi connectivity index (χ1) is 27.8. The van der Waals surface area contributed by atoms with E-state index in [4.69, 9.17) is 9.97 Å². The van der Waals surface area contributed by atoms with Gasteiger partial charge in [-0.2, -0.15) is 0 Å². The van der Waals surface area contributed by atoms with Gasteiger partial charge in [0.1, 0.15) is 5.65 Å². The Labute approximate surface area is 324 Å². The highest BCUT2D eigenvalue weighted by Gasteiger charge is 2.23. The molecule has 3 aromatic heterocycles. The summed E-state index contributed by atoms with van der Waals surface area (Å²) < 4.78 is 4.71. The summed E-state index contributed by atoms with van der Waals surface area (Å²) in [6, 6.07) is 73.2. The normalized spacial score (nSPS) is 11.6. The maximum atomic E-state index is 5.36. The van der Waals surface area contributed by atoms with Gasteiger partial charge in [-0.05, 0) is 76.9 Å². The van der Waals surface area contributed by atoms with Gasteiger partial charge in [-0.15, -0.1) is 0 Å². The van der Waals surface area contributed by atoms with Gasteiger partial charge in [0.05, 0.1) is 27.6 Å². The van der Waals surface area contributed by atoms with Gasteiger partial charge in [0.2, 0.25) is 0 Å². The van der Waals surface area contributed by atoms with Crippen molar-refractivity contribution in [2.24, 2.45) is 0 Å². The van der Waals surface area contributed by atoms with Gasteiger partial charge in [-0.25, -0.2) is 9.97 Å². The Balaban J connectivity index is 1.22. The molecule has 8 aromatic carbocycles. The summed E-state index contributed by atoms with van der Waals surface area (Å²) >= 11 is 0. The molecular weight excluding hydrogens is 681 g/mol. The van der Waals surface area contributed by atoms with Gasteiger partial charge >= 0.3 is 0 Å². The minimum atomic E-state index is 0.697. The second kappa shape index (κ2) is 13.1. The molecular formula is C52H34N4. The van der Waals surface area contributed by atoms with Crippen molar-refractivity contribution in [2.75, 3.05) is 0 Å². The summed E-state index contributed by atoms with van der Waals surface area (Å²) in [6.45, 7) is 0. The summed E-state index contributed by atoms with van der Waals surface area (Å²) in [5, 5.41) is 4.55. The van der Waals surface area contributed by atoms with Gasteiger partial charge < -0.3 is 4.57 Å². The minimum absolute atomic E-state index is 0.697. The van der Waals surface area contributed by atoms with E-state index in [1.54, 1.807) is 0 Å². The van der Waals surface area contributed by atoms with Crippen LogP contribution >= 0.6 is 0 Å². The van der Waals surface area contributed by atoms with Crippen LogP contribution in [0, 0.1) is 0 Å². The average molecular weight is 715 g/mol. The molecule has 0 aliphatic rings. The van der Waals surface area contributed by atoms with E-state index in [0.717, 1.165) is 61.2 Å². The van der Waals surface area contributed by atoms with Gasteiger partial charge in [-0.1, -0.05) is 152 Å². The molecule has 262 valence electrons. The first kappa shape index (κ1) is 31.9. The van der Waals surface area contributed by atoms with Crippen LogP contribution in [0.2, 0.25) is 0 Å². The molecule has 4 heteroatoms. The van der Waals surface area contributed by atoms with E-state index in [9.17, 15) is 0 Å². The van der Waals surface area contributed by atoms with Crippen molar-refractivity contribution in [1.82, 2.24) is 19.1 Å². The Morgan fingerprint density at radius 1 is 0.304 bits per heavy atom. The maximum absolute atomic E-state index is 5.36. The first-order valence-electron chi connectivity index (χ1n) is 19.0. The van der Waals surface area contributed by atoms with E-state index in [1.165, 1.54) is 33.0 Å². The molecule has 56 heavy (non-hydrogen) atoms. The van der Waals surface area contributed by atoms with Gasteiger partial charge in [0, 0.05) is 38.7 Å². The molecule has 4 nitrogen and oxygen atoms in total. The Kier molecular flexibility index (Phi) is 7.46. The van der Waals surface area contributed by atoms with E-state index in [-0.39, 0.29) is 0 Å². The fourth-order valence-corrected chi connectivity index (χ4v) is 8.31. The summed E-state index contributed by atoms with van der Waals surface area (Å²) in [5.74, 6) is 0.697. The number of hydrogen-bond acceptors (Lipinski definition) is 2. The van der Waals surface area contributed by atoms with Crippen molar-refractivity contribution in [1.29, 1.82) is 0 Å². The zero-order valence-corrected chi connectivity index (χ0v) is 30.4. The molecule has 0 saturated heterocycles. The van der Waals surface area contributed by atoms with Crippen LogP contribution in [-0.2, 0) is 0 Å². The van der Waals surface area contributed by atoms with Crippen LogP contribution in [0.15, 0.2) is 206 Å². The van der Waals surface area contributed by atoms with E-state index in [0.29, 0.717) is 5.82 Å². The number of hydrogen-bond donors (Lipinski definition) is 0. The Morgan fingerprint density at radius 3 is 1.32 bits per heavy atom. The van der Waals surface area contributed by atoms with E-state index < -0.39 is 0 Å². The van der Waals surface area contributed by atoms with Crippen molar-refractivity contribution >= 4 is 43.7 Å². The Morgan fingerprint density at radius 2 is 0.768 bits per heavy atom. The number of nitrogens with zero attached hydrogens (tertiary/aromatic N) is 4. The standard InChI is InChI=1S/C52H34N4/c1-6-16-35(17-7-1)39-26-29-46-43(32-39)44-33-40(36-18-8-2-9-19-36)27-30-47(44)55(46)42-28-31-48-45(34-42)49-50(37-20-10-3-11-21-37)53-51(38-22-12-4-13-23-38)54-52(49)56(48)41-24-14-5-15-25-41/h1-34H. The van der Waals surface area contributed by atoms with Gasteiger partial charge in [0.15, 0.2) is 5.82 Å². The van der Waals surface area contributed by atoms with Crippen molar-refractivity contribution < 1.29 is 0 Å². The van der Waals surface area contributed by atoms with Crippen LogP contribution in [0.5, 0.6) is 0 Å². The molecule has 3 heterocycles. The molecule has 0 N–H and O–H groups in total. The van der Waals surface area contributed by atoms with Crippen LogP contribution in [0.1, 0.15) is 0 Å². The molecule has 11 rings (SSSR count). The highest BCUT2D eigenvalue weighted by atomic mass is 15.1. The van der Waals surface area contributed by atoms with Crippen LogP contribution in [0.25, 0.3) is 100 Å². The van der Waals surface area contributed by atoms with Crippen LogP contribution in [0.4, 0.5) is 0 Å². The minimum Gasteiger partial charge on any atom is -0.309 e. The van der Waals surface area contributed by atoms with E-state index >= 15 is 0 Å². The third-order valence-electron chi connectivity index (χ3n) is 10.9. The molecule has 0 aliphatic heterocycles. The summed E-state index contributed by atoms with van der Waals surface area (Å²) in [5.41, 5.74) is 14.1. The first-order valence-corrected chi connectivity index (χ1v) is 19.0. The van der Waals surface area contributed by atoms with Crippen molar-refractivity contribution in [3.05, 3.63) is 206 Å². The average Bonchev–Trinajstić information content (AvgIpc) is 3.79. The monoisotopic (exact) mass is 714 g/mol. The topological polar surface area (TPSA) is 35.6 Å². The lowest BCUT2D eigenvalue weighted by Crippen LogP contribution is -1.99.